The number of ether oxygens (including phenoxy) is 2. The number of hydrogen-bond donors (Lipinski definition) is 1. The van der Waals surface area contributed by atoms with Gasteiger partial charge in [-0.1, -0.05) is 41.9 Å². The van der Waals surface area contributed by atoms with Crippen LogP contribution >= 0.6 is 0 Å². The van der Waals surface area contributed by atoms with Crippen molar-refractivity contribution in [3.63, 3.8) is 0 Å². The van der Waals surface area contributed by atoms with Gasteiger partial charge in [-0.15, -0.1) is 0 Å². The van der Waals surface area contributed by atoms with Gasteiger partial charge < -0.3 is 14.6 Å². The molecule has 1 aliphatic carbocycles. The molecule has 25 heavy (non-hydrogen) atoms. The molecule has 0 fully saturated rings. The largest absolute Gasteiger partial charge is 0.469 e. The lowest BCUT2D eigenvalue weighted by Crippen LogP contribution is -2.44. The van der Waals surface area contributed by atoms with Crippen LogP contribution in [-0.2, 0) is 14.3 Å². The number of esters is 1. The maximum Gasteiger partial charge on any atom is 0.309 e. The monoisotopic (exact) mass is 350 g/mol. The number of hydrogen-bond acceptors (Lipinski definition) is 4. The van der Waals surface area contributed by atoms with Crippen molar-refractivity contribution in [3.05, 3.63) is 34.9 Å². The molecule has 0 aromatic rings. The molecule has 1 rings (SSSR count). The van der Waals surface area contributed by atoms with E-state index in [1.165, 1.54) is 25.4 Å². The molecule has 4 nitrogen and oxygen atoms in total. The van der Waals surface area contributed by atoms with Crippen LogP contribution in [0.4, 0.5) is 0 Å². The van der Waals surface area contributed by atoms with Crippen LogP contribution in [0.15, 0.2) is 34.9 Å². The van der Waals surface area contributed by atoms with Gasteiger partial charge in [-0.05, 0) is 46.5 Å². The average molecular weight is 350 g/mol. The first-order chi connectivity index (χ1) is 11.7. The summed E-state index contributed by atoms with van der Waals surface area (Å²) in [7, 11) is 2.87. The quantitative estimate of drug-likeness (QED) is 0.423. The highest BCUT2D eigenvalue weighted by atomic mass is 16.6. The molecule has 0 saturated heterocycles. The molecule has 0 radical (unpaired) electrons. The van der Waals surface area contributed by atoms with Gasteiger partial charge >= 0.3 is 5.97 Å². The summed E-state index contributed by atoms with van der Waals surface area (Å²) in [6, 6.07) is 0. The standard InChI is InChI=1S/C21H34O4/c1-13(2)9-8-10-14(3)11-17-12-15(4)16(5)18(20(22)24-6)19(17)21(23)25-7/h9,11-12,16-19,21,23H,8,10H2,1-7H3/b14-11+. The number of aliphatic hydroxyl groups is 1. The lowest BCUT2D eigenvalue weighted by molar-refractivity contribution is -0.169. The summed E-state index contributed by atoms with van der Waals surface area (Å²) >= 11 is 0. The molecule has 142 valence electrons. The minimum Gasteiger partial charge on any atom is -0.469 e. The minimum absolute atomic E-state index is 0.0119. The van der Waals surface area contributed by atoms with Crippen LogP contribution in [0.3, 0.4) is 0 Å². The molecule has 0 saturated carbocycles. The van der Waals surface area contributed by atoms with E-state index < -0.39 is 12.2 Å². The van der Waals surface area contributed by atoms with Gasteiger partial charge in [-0.3, -0.25) is 4.79 Å². The molecule has 5 atom stereocenters. The Balaban J connectivity index is 3.15. The molecule has 0 aromatic heterocycles. The maximum atomic E-state index is 12.4. The third kappa shape index (κ3) is 5.82. The van der Waals surface area contributed by atoms with E-state index >= 15 is 0 Å². The second-order valence-electron chi connectivity index (χ2n) is 7.36. The van der Waals surface area contributed by atoms with E-state index in [-0.39, 0.29) is 23.7 Å². The SMILES string of the molecule is COC(=O)C1C(C)C(C)=CC(/C=C(\C)CCC=C(C)C)C1C(O)OC. The Labute approximate surface area is 152 Å². The van der Waals surface area contributed by atoms with Gasteiger partial charge in [0, 0.05) is 18.9 Å². The summed E-state index contributed by atoms with van der Waals surface area (Å²) in [4.78, 5) is 12.4. The van der Waals surface area contributed by atoms with Crippen LogP contribution in [0.25, 0.3) is 0 Å². The zero-order valence-corrected chi connectivity index (χ0v) is 16.7. The number of allylic oxidation sites excluding steroid dienone is 6. The summed E-state index contributed by atoms with van der Waals surface area (Å²) in [6.45, 7) is 10.3. The fourth-order valence-electron chi connectivity index (χ4n) is 3.60. The first-order valence-corrected chi connectivity index (χ1v) is 9.00. The second-order valence-corrected chi connectivity index (χ2v) is 7.36. The van der Waals surface area contributed by atoms with Crippen molar-refractivity contribution in [1.82, 2.24) is 0 Å². The Morgan fingerprint density at radius 1 is 1.32 bits per heavy atom. The predicted molar refractivity (Wildman–Crippen MR) is 101 cm³/mol. The first-order valence-electron chi connectivity index (χ1n) is 9.00. The zero-order valence-electron chi connectivity index (χ0n) is 16.7. The molecule has 0 aromatic carbocycles. The number of aliphatic hydroxyl groups excluding tert-OH is 1. The van der Waals surface area contributed by atoms with Gasteiger partial charge in [0.1, 0.15) is 0 Å². The van der Waals surface area contributed by atoms with E-state index in [0.717, 1.165) is 18.4 Å². The average Bonchev–Trinajstić information content (AvgIpc) is 2.55. The summed E-state index contributed by atoms with van der Waals surface area (Å²) in [5, 5.41) is 10.4. The molecular weight excluding hydrogens is 316 g/mol. The van der Waals surface area contributed by atoms with Gasteiger partial charge in [-0.2, -0.15) is 0 Å². The van der Waals surface area contributed by atoms with Crippen LogP contribution in [0.5, 0.6) is 0 Å². The number of rotatable bonds is 7. The zero-order chi connectivity index (χ0) is 19.1. The van der Waals surface area contributed by atoms with Crippen molar-refractivity contribution in [2.45, 2.75) is 53.8 Å². The molecule has 0 heterocycles. The van der Waals surface area contributed by atoms with E-state index in [0.29, 0.717) is 0 Å². The van der Waals surface area contributed by atoms with Crippen molar-refractivity contribution in [2.24, 2.45) is 23.7 Å². The van der Waals surface area contributed by atoms with E-state index in [9.17, 15) is 9.90 Å². The minimum atomic E-state index is -1.01. The van der Waals surface area contributed by atoms with Gasteiger partial charge in [0.25, 0.3) is 0 Å². The summed E-state index contributed by atoms with van der Waals surface area (Å²) in [6.07, 6.45) is 7.48. The molecule has 1 N–H and O–H groups in total. The Bertz CT molecular complexity index is 540. The van der Waals surface area contributed by atoms with Crippen LogP contribution in [0, 0.1) is 23.7 Å². The van der Waals surface area contributed by atoms with Crippen molar-refractivity contribution < 1.29 is 19.4 Å². The smallest absolute Gasteiger partial charge is 0.309 e. The molecular formula is C21H34O4. The molecule has 0 bridgehead atoms. The third-order valence-electron chi connectivity index (χ3n) is 5.18. The summed E-state index contributed by atoms with van der Waals surface area (Å²) in [5.41, 5.74) is 3.71. The second kappa shape index (κ2) is 9.93. The Morgan fingerprint density at radius 2 is 1.96 bits per heavy atom. The van der Waals surface area contributed by atoms with Crippen LogP contribution in [-0.4, -0.2) is 31.6 Å². The van der Waals surface area contributed by atoms with Gasteiger partial charge in [-0.25, -0.2) is 0 Å². The topological polar surface area (TPSA) is 55.8 Å². The molecule has 0 aliphatic heterocycles. The van der Waals surface area contributed by atoms with Crippen molar-refractivity contribution in [3.8, 4) is 0 Å². The van der Waals surface area contributed by atoms with Crippen molar-refractivity contribution >= 4 is 5.97 Å². The Hall–Kier alpha value is -1.39. The van der Waals surface area contributed by atoms with Crippen LogP contribution in [0.1, 0.15) is 47.5 Å². The molecule has 1 aliphatic rings. The van der Waals surface area contributed by atoms with Crippen LogP contribution < -0.4 is 0 Å². The lowest BCUT2D eigenvalue weighted by atomic mass is 9.67. The van der Waals surface area contributed by atoms with Crippen molar-refractivity contribution in [1.29, 1.82) is 0 Å². The molecule has 0 amide bonds. The fraction of sp³-hybridized carbons (Fsp3) is 0.667. The van der Waals surface area contributed by atoms with E-state index in [2.05, 4.69) is 39.0 Å². The molecule has 4 heteroatoms. The molecule has 0 spiro atoms. The van der Waals surface area contributed by atoms with E-state index in [1.807, 2.05) is 13.8 Å². The van der Waals surface area contributed by atoms with E-state index in [1.54, 1.807) is 0 Å². The lowest BCUT2D eigenvalue weighted by Gasteiger charge is -2.40. The van der Waals surface area contributed by atoms with E-state index in [4.69, 9.17) is 9.47 Å². The number of methoxy groups -OCH3 is 2. The summed E-state index contributed by atoms with van der Waals surface area (Å²) < 4.78 is 10.2. The first kappa shape index (κ1) is 21.7. The highest BCUT2D eigenvalue weighted by molar-refractivity contribution is 5.74. The fourth-order valence-corrected chi connectivity index (χ4v) is 3.60. The number of carbonyl (C=O) groups excluding carboxylic acids is 1. The van der Waals surface area contributed by atoms with Gasteiger partial charge in [0.05, 0.1) is 13.0 Å². The highest BCUT2D eigenvalue weighted by Gasteiger charge is 2.45. The maximum absolute atomic E-state index is 12.4. The Kier molecular flexibility index (Phi) is 8.60. The summed E-state index contributed by atoms with van der Waals surface area (Å²) in [5.74, 6) is -1.10. The third-order valence-corrected chi connectivity index (χ3v) is 5.18. The van der Waals surface area contributed by atoms with Gasteiger partial charge in [0.15, 0.2) is 6.29 Å². The normalized spacial score (nSPS) is 28.2. The van der Waals surface area contributed by atoms with Crippen molar-refractivity contribution in [2.75, 3.05) is 14.2 Å². The predicted octanol–water partition coefficient (Wildman–Crippen LogP) is 4.26. The molecule has 5 unspecified atom stereocenters. The van der Waals surface area contributed by atoms with Gasteiger partial charge in [0.2, 0.25) is 0 Å². The van der Waals surface area contributed by atoms with Crippen LogP contribution in [0.2, 0.25) is 0 Å². The Morgan fingerprint density at radius 3 is 2.48 bits per heavy atom. The highest BCUT2D eigenvalue weighted by Crippen LogP contribution is 2.42. The number of carbonyl (C=O) groups is 1.